The molecule has 0 aliphatic heterocycles. The normalized spacial score (nSPS) is 12.7. The van der Waals surface area contributed by atoms with Crippen LogP contribution in [0.2, 0.25) is 0 Å². The second kappa shape index (κ2) is 13.2. The van der Waals surface area contributed by atoms with E-state index in [1.165, 1.54) is 30.6 Å². The molecule has 0 saturated carbocycles. The molecule has 0 aliphatic rings. The van der Waals surface area contributed by atoms with Crippen LogP contribution in [0, 0.1) is 0 Å². The lowest BCUT2D eigenvalue weighted by molar-refractivity contribution is -0.123. The summed E-state index contributed by atoms with van der Waals surface area (Å²) in [5, 5.41) is 13.3. The fourth-order valence-electron chi connectivity index (χ4n) is 3.97. The Labute approximate surface area is 236 Å². The molecule has 208 valence electrons. The number of alkyl carbamates (subject to hydrolysis) is 1. The number of methoxy groups -OCH3 is 1. The quantitative estimate of drug-likeness (QED) is 0.244. The zero-order valence-corrected chi connectivity index (χ0v) is 23.2. The number of hydrogen-bond donors (Lipinski definition) is 3. The highest BCUT2D eigenvalue weighted by atomic mass is 32.2. The van der Waals surface area contributed by atoms with Gasteiger partial charge in [-0.15, -0.1) is 11.3 Å². The standard InChI is InChI=1S/C28H28N4O6S2/c1-37-28(34)32-24(17-19-8-4-2-5-9-19)26(33)30-23(16-20-12-14-22(15-13-20)38-40(29,35)36)25-18-39-27(31-25)21-10-6-3-7-11-21/h2-15,18,23-24H,16-17H2,1H3,(H,30,33)(H,32,34)(H2,29,35,36)/t23-,24-/m0/s1. The maximum Gasteiger partial charge on any atom is 0.407 e. The van der Waals surface area contributed by atoms with Crippen molar-refractivity contribution in [1.29, 1.82) is 0 Å². The highest BCUT2D eigenvalue weighted by molar-refractivity contribution is 7.84. The lowest BCUT2D eigenvalue weighted by atomic mass is 10.0. The third-order valence-electron chi connectivity index (χ3n) is 5.87. The van der Waals surface area contributed by atoms with Gasteiger partial charge in [-0.1, -0.05) is 72.8 Å². The number of ether oxygens (including phenoxy) is 1. The van der Waals surface area contributed by atoms with Crippen molar-refractivity contribution < 1.29 is 26.9 Å². The number of nitrogens with one attached hydrogen (secondary N) is 2. The van der Waals surface area contributed by atoms with Crippen molar-refractivity contribution in [3.05, 3.63) is 107 Å². The van der Waals surface area contributed by atoms with E-state index >= 15 is 0 Å². The second-order valence-corrected chi connectivity index (χ2v) is 10.8. The predicted molar refractivity (Wildman–Crippen MR) is 152 cm³/mol. The Morgan fingerprint density at radius 1 is 0.900 bits per heavy atom. The lowest BCUT2D eigenvalue weighted by Crippen LogP contribution is -2.49. The van der Waals surface area contributed by atoms with Crippen LogP contribution in [-0.4, -0.2) is 38.6 Å². The highest BCUT2D eigenvalue weighted by Crippen LogP contribution is 2.28. The van der Waals surface area contributed by atoms with Gasteiger partial charge in [0.15, 0.2) is 0 Å². The van der Waals surface area contributed by atoms with E-state index in [0.717, 1.165) is 21.7 Å². The molecule has 0 radical (unpaired) electrons. The van der Waals surface area contributed by atoms with Crippen LogP contribution in [0.5, 0.6) is 5.75 Å². The van der Waals surface area contributed by atoms with Gasteiger partial charge >= 0.3 is 16.4 Å². The summed E-state index contributed by atoms with van der Waals surface area (Å²) in [4.78, 5) is 30.4. The van der Waals surface area contributed by atoms with E-state index in [-0.39, 0.29) is 12.2 Å². The van der Waals surface area contributed by atoms with Gasteiger partial charge in [0.1, 0.15) is 16.8 Å². The minimum atomic E-state index is -4.15. The van der Waals surface area contributed by atoms with Crippen LogP contribution in [0.25, 0.3) is 10.6 Å². The van der Waals surface area contributed by atoms with Gasteiger partial charge in [0.2, 0.25) is 5.91 Å². The molecule has 40 heavy (non-hydrogen) atoms. The first-order valence-electron chi connectivity index (χ1n) is 12.2. The van der Waals surface area contributed by atoms with Gasteiger partial charge in [-0.25, -0.2) is 9.78 Å². The topological polar surface area (TPSA) is 150 Å². The fourth-order valence-corrected chi connectivity index (χ4v) is 5.23. The maximum absolute atomic E-state index is 13.6. The predicted octanol–water partition coefficient (Wildman–Crippen LogP) is 3.76. The van der Waals surface area contributed by atoms with E-state index in [9.17, 15) is 18.0 Å². The first kappa shape index (κ1) is 28.7. The summed E-state index contributed by atoms with van der Waals surface area (Å²) >= 11 is 1.45. The zero-order chi connectivity index (χ0) is 28.5. The summed E-state index contributed by atoms with van der Waals surface area (Å²) in [5.74, 6) is -0.347. The maximum atomic E-state index is 13.6. The van der Waals surface area contributed by atoms with Crippen LogP contribution >= 0.6 is 11.3 Å². The zero-order valence-electron chi connectivity index (χ0n) is 21.5. The molecule has 3 aromatic carbocycles. The molecule has 0 aliphatic carbocycles. The van der Waals surface area contributed by atoms with Crippen LogP contribution in [0.4, 0.5) is 4.79 Å². The third kappa shape index (κ3) is 8.37. The largest absolute Gasteiger partial charge is 0.453 e. The van der Waals surface area contributed by atoms with E-state index in [4.69, 9.17) is 19.0 Å². The van der Waals surface area contributed by atoms with E-state index in [0.29, 0.717) is 12.1 Å². The average molecular weight is 581 g/mol. The number of aromatic nitrogens is 1. The molecule has 12 heteroatoms. The lowest BCUT2D eigenvalue weighted by Gasteiger charge is -2.23. The number of benzene rings is 3. The van der Waals surface area contributed by atoms with E-state index < -0.39 is 34.4 Å². The third-order valence-corrected chi connectivity index (χ3v) is 7.20. The average Bonchev–Trinajstić information content (AvgIpc) is 3.44. The van der Waals surface area contributed by atoms with Gasteiger partial charge in [0.25, 0.3) is 0 Å². The molecule has 4 N–H and O–H groups in total. The van der Waals surface area contributed by atoms with Crippen LogP contribution in [0.15, 0.2) is 90.3 Å². The number of nitrogens with zero attached hydrogens (tertiary/aromatic N) is 1. The van der Waals surface area contributed by atoms with E-state index in [1.807, 2.05) is 66.0 Å². The SMILES string of the molecule is COC(=O)N[C@@H](Cc1ccccc1)C(=O)N[C@@H](Cc1ccc(OS(N)(=O)=O)cc1)c1csc(-c2ccccc2)n1. The molecule has 10 nitrogen and oxygen atoms in total. The summed E-state index contributed by atoms with van der Waals surface area (Å²) in [6, 6.07) is 23.8. The van der Waals surface area contributed by atoms with Crippen LogP contribution in [0.3, 0.4) is 0 Å². The molecule has 2 atom stereocenters. The Morgan fingerprint density at radius 3 is 2.15 bits per heavy atom. The number of hydrogen-bond acceptors (Lipinski definition) is 8. The molecule has 1 heterocycles. The van der Waals surface area contributed by atoms with Crippen molar-refractivity contribution >= 4 is 33.6 Å². The Morgan fingerprint density at radius 2 is 1.52 bits per heavy atom. The van der Waals surface area contributed by atoms with Crippen molar-refractivity contribution in [1.82, 2.24) is 15.6 Å². The second-order valence-electron chi connectivity index (χ2n) is 8.81. The van der Waals surface area contributed by atoms with Gasteiger partial charge in [-0.05, 0) is 29.7 Å². The molecule has 4 rings (SSSR count). The van der Waals surface area contributed by atoms with Crippen molar-refractivity contribution in [2.24, 2.45) is 5.14 Å². The Hall–Kier alpha value is -4.26. The number of nitrogens with two attached hydrogens (primary N) is 1. The van der Waals surface area contributed by atoms with Crippen molar-refractivity contribution in [2.75, 3.05) is 7.11 Å². The van der Waals surface area contributed by atoms with Crippen LogP contribution < -0.4 is 20.0 Å². The molecule has 0 saturated heterocycles. The van der Waals surface area contributed by atoms with Crippen molar-refractivity contribution in [3.63, 3.8) is 0 Å². The summed E-state index contributed by atoms with van der Waals surface area (Å²) < 4.78 is 32.0. The molecular formula is C28H28N4O6S2. The molecule has 0 unspecified atom stereocenters. The number of rotatable bonds is 11. The van der Waals surface area contributed by atoms with Gasteiger partial charge in [-0.3, -0.25) is 4.79 Å². The summed E-state index contributed by atoms with van der Waals surface area (Å²) in [6.45, 7) is 0. The van der Waals surface area contributed by atoms with E-state index in [1.54, 1.807) is 12.1 Å². The number of carbonyl (C=O) groups is 2. The van der Waals surface area contributed by atoms with Crippen LogP contribution in [0.1, 0.15) is 22.9 Å². The summed E-state index contributed by atoms with van der Waals surface area (Å²) in [5.41, 5.74) is 3.23. The first-order valence-corrected chi connectivity index (χ1v) is 14.6. The summed E-state index contributed by atoms with van der Waals surface area (Å²) in [7, 11) is -2.92. The molecule has 4 aromatic rings. The van der Waals surface area contributed by atoms with Gasteiger partial charge in [0.05, 0.1) is 18.8 Å². The molecule has 0 bridgehead atoms. The van der Waals surface area contributed by atoms with Crippen LogP contribution in [-0.2, 0) is 32.7 Å². The van der Waals surface area contributed by atoms with E-state index in [2.05, 4.69) is 10.6 Å². The monoisotopic (exact) mass is 580 g/mol. The number of carbonyl (C=O) groups excluding carboxylic acids is 2. The molecule has 0 fully saturated rings. The van der Waals surface area contributed by atoms with Gasteiger partial charge < -0.3 is 19.6 Å². The number of thiazole rings is 1. The van der Waals surface area contributed by atoms with Crippen molar-refractivity contribution in [3.8, 4) is 16.3 Å². The number of amides is 2. The first-order chi connectivity index (χ1) is 19.2. The minimum Gasteiger partial charge on any atom is -0.453 e. The Balaban J connectivity index is 1.60. The molecule has 1 aromatic heterocycles. The van der Waals surface area contributed by atoms with Crippen molar-refractivity contribution in [2.45, 2.75) is 24.9 Å². The Kier molecular flexibility index (Phi) is 9.48. The molecule has 0 spiro atoms. The Bertz CT molecular complexity index is 1530. The smallest absolute Gasteiger partial charge is 0.407 e. The highest BCUT2D eigenvalue weighted by Gasteiger charge is 2.26. The minimum absolute atomic E-state index is 0.0667. The molecule has 2 amide bonds. The van der Waals surface area contributed by atoms with Gasteiger partial charge in [0, 0.05) is 17.4 Å². The van der Waals surface area contributed by atoms with Gasteiger partial charge in [-0.2, -0.15) is 13.6 Å². The fraction of sp³-hybridized carbons (Fsp3) is 0.179. The summed E-state index contributed by atoms with van der Waals surface area (Å²) in [6.07, 6.45) is -0.145. The molecular weight excluding hydrogens is 552 g/mol.